The minimum absolute atomic E-state index is 0. The maximum atomic E-state index is 5.43. The third-order valence-corrected chi connectivity index (χ3v) is 4.86. The molecule has 1 aromatic carbocycles. The Kier molecular flexibility index (Phi) is 14.3. The van der Waals surface area contributed by atoms with Gasteiger partial charge in [0.2, 0.25) is 0 Å². The predicted molar refractivity (Wildman–Crippen MR) is 130 cm³/mol. The van der Waals surface area contributed by atoms with E-state index >= 15 is 0 Å². The number of nitrogens with one attached hydrogen (secondary N) is 2. The van der Waals surface area contributed by atoms with Crippen molar-refractivity contribution < 1.29 is 9.47 Å². The normalized spacial score (nSPS) is 15.2. The van der Waals surface area contributed by atoms with Gasteiger partial charge in [0.05, 0.1) is 13.2 Å². The highest BCUT2D eigenvalue weighted by Crippen LogP contribution is 2.10. The smallest absolute Gasteiger partial charge is 0.191 e. The molecule has 1 aliphatic rings. The van der Waals surface area contributed by atoms with Gasteiger partial charge in [-0.25, -0.2) is 0 Å². The molecular weight excluding hydrogens is 481 g/mol. The van der Waals surface area contributed by atoms with E-state index < -0.39 is 0 Å². The Balaban J connectivity index is 0.00000420. The zero-order valence-electron chi connectivity index (χ0n) is 18.2. The van der Waals surface area contributed by atoms with Crippen molar-refractivity contribution >= 4 is 29.9 Å². The van der Waals surface area contributed by atoms with Crippen LogP contribution in [0.3, 0.4) is 0 Å². The van der Waals surface area contributed by atoms with Crippen molar-refractivity contribution in [3.05, 3.63) is 35.4 Å². The van der Waals surface area contributed by atoms with Gasteiger partial charge in [0, 0.05) is 66.6 Å². The Morgan fingerprint density at radius 1 is 1.21 bits per heavy atom. The van der Waals surface area contributed by atoms with Gasteiger partial charge < -0.3 is 25.0 Å². The van der Waals surface area contributed by atoms with E-state index in [1.165, 1.54) is 11.1 Å². The van der Waals surface area contributed by atoms with E-state index in [1.54, 1.807) is 7.11 Å². The first kappa shape index (κ1) is 26.1. The number of benzene rings is 1. The molecule has 29 heavy (non-hydrogen) atoms. The summed E-state index contributed by atoms with van der Waals surface area (Å²) in [5.41, 5.74) is 2.62. The first-order chi connectivity index (χ1) is 13.7. The molecule has 166 valence electrons. The van der Waals surface area contributed by atoms with E-state index in [4.69, 9.17) is 9.47 Å². The van der Waals surface area contributed by atoms with Gasteiger partial charge in [-0.3, -0.25) is 9.89 Å². The van der Waals surface area contributed by atoms with Crippen LogP contribution >= 0.6 is 24.0 Å². The lowest BCUT2D eigenvalue weighted by atomic mass is 10.1. The average molecular weight is 519 g/mol. The van der Waals surface area contributed by atoms with Gasteiger partial charge in [-0.2, -0.15) is 0 Å². The number of hydrogen-bond donors (Lipinski definition) is 2. The second-order valence-corrected chi connectivity index (χ2v) is 7.21. The van der Waals surface area contributed by atoms with Gasteiger partial charge in [-0.1, -0.05) is 24.3 Å². The molecule has 8 heteroatoms. The van der Waals surface area contributed by atoms with Crippen LogP contribution in [0.4, 0.5) is 0 Å². The molecule has 2 N–H and O–H groups in total. The molecule has 0 radical (unpaired) electrons. The molecule has 7 nitrogen and oxygen atoms in total. The molecule has 1 aromatic rings. The maximum absolute atomic E-state index is 5.43. The molecule has 0 saturated carbocycles. The number of halogens is 1. The molecule has 0 amide bonds. The number of likely N-dealkylation sites (N-methyl/N-ethyl adjacent to an activating group) is 1. The third kappa shape index (κ3) is 11.1. The first-order valence-electron chi connectivity index (χ1n) is 10.2. The van der Waals surface area contributed by atoms with Crippen molar-refractivity contribution in [1.82, 2.24) is 20.4 Å². The Morgan fingerprint density at radius 2 is 1.97 bits per heavy atom. The van der Waals surface area contributed by atoms with Gasteiger partial charge in [-0.05, 0) is 24.6 Å². The minimum atomic E-state index is 0. The molecule has 0 unspecified atom stereocenters. The standard InChI is InChI=1S/C21H37N5O2.HI/c1-22-21(23-8-10-25(2)9-5-13-27-3)24-17-19-6-4-7-20(16-19)18-26-11-14-28-15-12-26;/h4,6-7,16H,5,8-15,17-18H2,1-3H3,(H2,22,23,24);1H. The highest BCUT2D eigenvalue weighted by atomic mass is 127. The lowest BCUT2D eigenvalue weighted by Gasteiger charge is -2.26. The summed E-state index contributed by atoms with van der Waals surface area (Å²) >= 11 is 0. The lowest BCUT2D eigenvalue weighted by Crippen LogP contribution is -2.40. The third-order valence-electron chi connectivity index (χ3n) is 4.86. The maximum Gasteiger partial charge on any atom is 0.191 e. The Labute approximate surface area is 193 Å². The van der Waals surface area contributed by atoms with E-state index in [0.29, 0.717) is 0 Å². The number of morpholine rings is 1. The van der Waals surface area contributed by atoms with Crippen molar-refractivity contribution in [3.8, 4) is 0 Å². The molecular formula is C21H38IN5O2. The average Bonchev–Trinajstić information content (AvgIpc) is 2.72. The molecule has 1 fully saturated rings. The molecule has 1 saturated heterocycles. The fourth-order valence-corrected chi connectivity index (χ4v) is 3.22. The summed E-state index contributed by atoms with van der Waals surface area (Å²) in [5, 5.41) is 6.79. The number of ether oxygens (including phenoxy) is 2. The quantitative estimate of drug-likeness (QED) is 0.201. The summed E-state index contributed by atoms with van der Waals surface area (Å²) in [6, 6.07) is 8.77. The van der Waals surface area contributed by atoms with Crippen LogP contribution in [0.5, 0.6) is 0 Å². The molecule has 1 aliphatic heterocycles. The van der Waals surface area contributed by atoms with Crippen LogP contribution in [-0.4, -0.2) is 89.5 Å². The number of hydrogen-bond acceptors (Lipinski definition) is 5. The fourth-order valence-electron chi connectivity index (χ4n) is 3.22. The topological polar surface area (TPSA) is 61.4 Å². The summed E-state index contributed by atoms with van der Waals surface area (Å²) < 4.78 is 10.5. The van der Waals surface area contributed by atoms with Gasteiger partial charge in [0.15, 0.2) is 5.96 Å². The highest BCUT2D eigenvalue weighted by molar-refractivity contribution is 14.0. The van der Waals surface area contributed by atoms with E-state index in [1.807, 2.05) is 7.05 Å². The molecule has 0 bridgehead atoms. The van der Waals surface area contributed by atoms with Gasteiger partial charge in [0.25, 0.3) is 0 Å². The fraction of sp³-hybridized carbons (Fsp3) is 0.667. The van der Waals surface area contributed by atoms with Crippen molar-refractivity contribution in [2.24, 2.45) is 4.99 Å². The second kappa shape index (κ2) is 15.8. The highest BCUT2D eigenvalue weighted by Gasteiger charge is 2.10. The number of rotatable bonds is 11. The van der Waals surface area contributed by atoms with Gasteiger partial charge in [-0.15, -0.1) is 24.0 Å². The molecule has 0 atom stereocenters. The van der Waals surface area contributed by atoms with Gasteiger partial charge in [0.1, 0.15) is 0 Å². The monoisotopic (exact) mass is 519 g/mol. The SMILES string of the molecule is CN=C(NCCN(C)CCCOC)NCc1cccc(CN2CCOCC2)c1.I. The summed E-state index contributed by atoms with van der Waals surface area (Å²) in [6.07, 6.45) is 1.06. The summed E-state index contributed by atoms with van der Waals surface area (Å²) in [5.74, 6) is 0.837. The Bertz CT molecular complexity index is 582. The zero-order valence-corrected chi connectivity index (χ0v) is 20.5. The van der Waals surface area contributed by atoms with Crippen LogP contribution in [0.25, 0.3) is 0 Å². The minimum Gasteiger partial charge on any atom is -0.385 e. The van der Waals surface area contributed by atoms with Crippen LogP contribution in [-0.2, 0) is 22.6 Å². The predicted octanol–water partition coefficient (Wildman–Crippen LogP) is 1.77. The van der Waals surface area contributed by atoms with Crippen LogP contribution in [0.2, 0.25) is 0 Å². The van der Waals surface area contributed by atoms with Crippen molar-refractivity contribution in [1.29, 1.82) is 0 Å². The van der Waals surface area contributed by atoms with Crippen LogP contribution < -0.4 is 10.6 Å². The van der Waals surface area contributed by atoms with Gasteiger partial charge >= 0.3 is 0 Å². The number of aliphatic imine (C=N–C) groups is 1. The molecule has 0 aliphatic carbocycles. The van der Waals surface area contributed by atoms with Crippen molar-refractivity contribution in [3.63, 3.8) is 0 Å². The molecule has 0 aromatic heterocycles. The number of guanidine groups is 1. The first-order valence-corrected chi connectivity index (χ1v) is 10.2. The van der Waals surface area contributed by atoms with Crippen molar-refractivity contribution in [2.75, 3.05) is 73.7 Å². The largest absolute Gasteiger partial charge is 0.385 e. The van der Waals surface area contributed by atoms with Crippen LogP contribution in [0.15, 0.2) is 29.3 Å². The Morgan fingerprint density at radius 3 is 2.69 bits per heavy atom. The summed E-state index contributed by atoms with van der Waals surface area (Å²) in [6.45, 7) is 9.14. The molecule has 0 spiro atoms. The Hall–Kier alpha value is -0.940. The zero-order chi connectivity index (χ0) is 20.0. The van der Waals surface area contributed by atoms with E-state index in [-0.39, 0.29) is 24.0 Å². The van der Waals surface area contributed by atoms with E-state index in [0.717, 1.165) is 78.0 Å². The van der Waals surface area contributed by atoms with E-state index in [9.17, 15) is 0 Å². The van der Waals surface area contributed by atoms with Crippen LogP contribution in [0.1, 0.15) is 17.5 Å². The summed E-state index contributed by atoms with van der Waals surface area (Å²) in [7, 11) is 5.69. The van der Waals surface area contributed by atoms with Crippen molar-refractivity contribution in [2.45, 2.75) is 19.5 Å². The second-order valence-electron chi connectivity index (χ2n) is 7.21. The molecule has 2 rings (SSSR count). The number of methoxy groups -OCH3 is 1. The van der Waals surface area contributed by atoms with E-state index in [2.05, 4.69) is 56.7 Å². The molecule has 1 heterocycles. The van der Waals surface area contributed by atoms with Crippen LogP contribution in [0, 0.1) is 0 Å². The lowest BCUT2D eigenvalue weighted by molar-refractivity contribution is 0.0342. The number of nitrogens with zero attached hydrogens (tertiary/aromatic N) is 3. The summed E-state index contributed by atoms with van der Waals surface area (Å²) in [4.78, 5) is 9.07.